The Morgan fingerprint density at radius 1 is 0.800 bits per heavy atom. The number of benzene rings is 4. The fourth-order valence-electron chi connectivity index (χ4n) is 6.28. The molecule has 2 aliphatic rings. The Morgan fingerprint density at radius 2 is 1.40 bits per heavy atom. The van der Waals surface area contributed by atoms with Crippen LogP contribution in [0.5, 0.6) is 0 Å². The topological polar surface area (TPSA) is 110 Å². The lowest BCUT2D eigenvalue weighted by Gasteiger charge is -2.35. The van der Waals surface area contributed by atoms with Crippen LogP contribution >= 0.6 is 0 Å². The van der Waals surface area contributed by atoms with E-state index in [-0.39, 0.29) is 29.8 Å². The molecule has 0 spiro atoms. The summed E-state index contributed by atoms with van der Waals surface area (Å²) in [5.41, 5.74) is -1.08. The first kappa shape index (κ1) is 29.7. The van der Waals surface area contributed by atoms with Gasteiger partial charge in [-0.25, -0.2) is 14.5 Å². The molecule has 0 aliphatic carbocycles. The van der Waals surface area contributed by atoms with Gasteiger partial charge < -0.3 is 9.47 Å². The summed E-state index contributed by atoms with van der Waals surface area (Å²) in [4.78, 5) is 71.7. The molecule has 0 fully saturated rings. The Morgan fingerprint density at radius 3 is 2.04 bits per heavy atom. The minimum absolute atomic E-state index is 0.0178. The molecule has 0 bridgehead atoms. The Labute approximate surface area is 260 Å². The van der Waals surface area contributed by atoms with Gasteiger partial charge >= 0.3 is 12.1 Å². The van der Waals surface area contributed by atoms with Crippen molar-refractivity contribution in [1.29, 1.82) is 0 Å². The molecule has 6 rings (SSSR count). The van der Waals surface area contributed by atoms with E-state index >= 15 is 0 Å². The molecule has 228 valence electrons. The van der Waals surface area contributed by atoms with E-state index in [1.807, 2.05) is 36.4 Å². The van der Waals surface area contributed by atoms with Gasteiger partial charge in [-0.3, -0.25) is 19.3 Å². The number of ether oxygens (including phenoxy) is 2. The average molecular weight is 605 g/mol. The number of imide groups is 2. The second kappa shape index (κ2) is 11.0. The van der Waals surface area contributed by atoms with Gasteiger partial charge in [-0.05, 0) is 73.9 Å². The van der Waals surface area contributed by atoms with Crippen molar-refractivity contribution in [2.75, 3.05) is 11.5 Å². The Balaban J connectivity index is 1.58. The standard InChI is InChI=1S/C36H32N2O7/c1-5-44-32(41)29(37-30(39)25-14-8-9-15-26(25)31(37)40)21-36(24-19-18-22-12-6-7-13-23(22)20-24)27-16-10-11-17-28(27)38(33(36)42)34(43)45-35(2,3)4/h6-20,29H,5,21H2,1-4H3/t29-,36-/m0/s1. The van der Waals surface area contributed by atoms with Crippen molar-refractivity contribution >= 4 is 46.2 Å². The van der Waals surface area contributed by atoms with Gasteiger partial charge in [-0.15, -0.1) is 0 Å². The molecular formula is C36H32N2O7. The van der Waals surface area contributed by atoms with Crippen molar-refractivity contribution in [3.8, 4) is 0 Å². The summed E-state index contributed by atoms with van der Waals surface area (Å²) in [7, 11) is 0. The van der Waals surface area contributed by atoms with E-state index in [4.69, 9.17) is 9.47 Å². The number of amides is 4. The summed E-state index contributed by atoms with van der Waals surface area (Å²) in [6, 6.07) is 24.7. The monoisotopic (exact) mass is 604 g/mol. The van der Waals surface area contributed by atoms with Crippen LogP contribution in [-0.4, -0.2) is 52.9 Å². The highest BCUT2D eigenvalue weighted by atomic mass is 16.6. The van der Waals surface area contributed by atoms with Gasteiger partial charge in [0.2, 0.25) is 0 Å². The molecule has 4 aromatic rings. The van der Waals surface area contributed by atoms with Crippen LogP contribution in [-0.2, 0) is 24.5 Å². The maximum absolute atomic E-state index is 14.9. The lowest BCUT2D eigenvalue weighted by Crippen LogP contribution is -2.53. The van der Waals surface area contributed by atoms with Crippen LogP contribution in [0.25, 0.3) is 10.8 Å². The van der Waals surface area contributed by atoms with Crippen LogP contribution in [0, 0.1) is 0 Å². The van der Waals surface area contributed by atoms with Gasteiger partial charge in [0.1, 0.15) is 17.1 Å². The lowest BCUT2D eigenvalue weighted by molar-refractivity contribution is -0.148. The van der Waals surface area contributed by atoms with E-state index in [1.54, 1.807) is 70.2 Å². The molecule has 0 N–H and O–H groups in total. The van der Waals surface area contributed by atoms with E-state index in [0.717, 1.165) is 20.6 Å². The molecule has 9 heteroatoms. The predicted octanol–water partition coefficient (Wildman–Crippen LogP) is 6.03. The molecule has 2 aliphatic heterocycles. The molecular weight excluding hydrogens is 572 g/mol. The number of esters is 1. The summed E-state index contributed by atoms with van der Waals surface area (Å²) < 4.78 is 11.1. The largest absolute Gasteiger partial charge is 0.464 e. The maximum Gasteiger partial charge on any atom is 0.421 e. The summed E-state index contributed by atoms with van der Waals surface area (Å²) in [5, 5.41) is 1.74. The summed E-state index contributed by atoms with van der Waals surface area (Å²) in [6.45, 7) is 6.71. The zero-order valence-corrected chi connectivity index (χ0v) is 25.4. The number of fused-ring (bicyclic) bond motifs is 3. The van der Waals surface area contributed by atoms with Crippen LogP contribution in [0.2, 0.25) is 0 Å². The minimum Gasteiger partial charge on any atom is -0.464 e. The van der Waals surface area contributed by atoms with E-state index in [9.17, 15) is 24.0 Å². The van der Waals surface area contributed by atoms with E-state index in [0.29, 0.717) is 11.1 Å². The first-order chi connectivity index (χ1) is 21.5. The van der Waals surface area contributed by atoms with Crippen molar-refractivity contribution in [3.05, 3.63) is 113 Å². The minimum atomic E-state index is -1.69. The molecule has 4 amide bonds. The molecule has 0 aromatic heterocycles. The fraction of sp³-hybridized carbons (Fsp3) is 0.250. The van der Waals surface area contributed by atoms with Crippen molar-refractivity contribution in [1.82, 2.24) is 4.90 Å². The molecule has 9 nitrogen and oxygen atoms in total. The highest BCUT2D eigenvalue weighted by Gasteiger charge is 2.58. The van der Waals surface area contributed by atoms with Gasteiger partial charge in [-0.2, -0.15) is 0 Å². The second-order valence-corrected chi connectivity index (χ2v) is 12.1. The molecule has 0 saturated heterocycles. The first-order valence-corrected chi connectivity index (χ1v) is 14.8. The highest BCUT2D eigenvalue weighted by molar-refractivity contribution is 6.24. The molecule has 2 atom stereocenters. The second-order valence-electron chi connectivity index (χ2n) is 12.1. The van der Waals surface area contributed by atoms with E-state index < -0.39 is 46.8 Å². The number of carbonyl (C=O) groups excluding carboxylic acids is 5. The third kappa shape index (κ3) is 4.84. The smallest absolute Gasteiger partial charge is 0.421 e. The maximum atomic E-state index is 14.9. The third-order valence-electron chi connectivity index (χ3n) is 8.19. The van der Waals surface area contributed by atoms with Gasteiger partial charge in [-0.1, -0.05) is 66.7 Å². The molecule has 0 saturated carbocycles. The van der Waals surface area contributed by atoms with E-state index in [1.165, 1.54) is 12.1 Å². The molecule has 0 unspecified atom stereocenters. The van der Waals surface area contributed by atoms with E-state index in [2.05, 4.69) is 0 Å². The predicted molar refractivity (Wildman–Crippen MR) is 167 cm³/mol. The quantitative estimate of drug-likeness (QED) is 0.195. The summed E-state index contributed by atoms with van der Waals surface area (Å²) in [5.74, 6) is -2.83. The van der Waals surface area contributed by atoms with Crippen LogP contribution in [0.3, 0.4) is 0 Å². The average Bonchev–Trinajstić information content (AvgIpc) is 3.42. The van der Waals surface area contributed by atoms with Crippen LogP contribution in [0.4, 0.5) is 10.5 Å². The zero-order chi connectivity index (χ0) is 32.1. The van der Waals surface area contributed by atoms with Crippen molar-refractivity contribution in [2.24, 2.45) is 0 Å². The molecule has 2 heterocycles. The summed E-state index contributed by atoms with van der Waals surface area (Å²) in [6.07, 6.45) is -1.25. The number of hydrogen-bond acceptors (Lipinski definition) is 7. The van der Waals surface area contributed by atoms with Crippen molar-refractivity contribution in [3.63, 3.8) is 0 Å². The van der Waals surface area contributed by atoms with Crippen LogP contribution in [0.15, 0.2) is 91.0 Å². The Bertz CT molecular complexity index is 1860. The number of hydrogen-bond donors (Lipinski definition) is 0. The fourth-order valence-corrected chi connectivity index (χ4v) is 6.28. The lowest BCUT2D eigenvalue weighted by atomic mass is 9.70. The van der Waals surface area contributed by atoms with Gasteiger partial charge in [0.05, 0.1) is 23.4 Å². The number of para-hydroxylation sites is 1. The SMILES string of the molecule is CCOC(=O)[C@H](C[C@@]1(c2ccc3ccccc3c2)C(=O)N(C(=O)OC(C)(C)C)c2ccccc21)N1C(=O)c2ccccc2C1=O. The molecule has 4 aromatic carbocycles. The normalized spacial score (nSPS) is 18.2. The number of carbonyl (C=O) groups is 5. The van der Waals surface area contributed by atoms with Crippen LogP contribution < -0.4 is 4.90 Å². The number of anilines is 1. The zero-order valence-electron chi connectivity index (χ0n) is 25.4. The van der Waals surface area contributed by atoms with Crippen molar-refractivity contribution < 1.29 is 33.4 Å². The Kier molecular flexibility index (Phi) is 7.27. The third-order valence-corrected chi connectivity index (χ3v) is 8.19. The molecule has 45 heavy (non-hydrogen) atoms. The highest BCUT2D eigenvalue weighted by Crippen LogP contribution is 2.51. The van der Waals surface area contributed by atoms with Gasteiger partial charge in [0, 0.05) is 6.42 Å². The number of rotatable bonds is 6. The number of nitrogens with zero attached hydrogens (tertiary/aromatic N) is 2. The van der Waals surface area contributed by atoms with Crippen molar-refractivity contribution in [2.45, 2.75) is 51.2 Å². The first-order valence-electron chi connectivity index (χ1n) is 14.8. The molecule has 0 radical (unpaired) electrons. The van der Waals surface area contributed by atoms with Gasteiger partial charge in [0.25, 0.3) is 17.7 Å². The Hall–Kier alpha value is -5.31. The summed E-state index contributed by atoms with van der Waals surface area (Å²) >= 11 is 0. The van der Waals surface area contributed by atoms with Gasteiger partial charge in [0.15, 0.2) is 0 Å². The van der Waals surface area contributed by atoms with Crippen LogP contribution in [0.1, 0.15) is 66.0 Å².